The van der Waals surface area contributed by atoms with E-state index in [1.807, 2.05) is 17.0 Å². The highest BCUT2D eigenvalue weighted by molar-refractivity contribution is 6.05. The smallest absolute Gasteiger partial charge is 0.328 e. The van der Waals surface area contributed by atoms with Crippen LogP contribution < -0.4 is 15.1 Å². The molecule has 0 aromatic carbocycles. The van der Waals surface area contributed by atoms with Crippen molar-refractivity contribution in [3.63, 3.8) is 0 Å². The number of carbonyl (C=O) groups is 4. The quantitative estimate of drug-likeness (QED) is 0.722. The Kier molecular flexibility index (Phi) is 6.03. The van der Waals surface area contributed by atoms with Crippen LogP contribution in [0.2, 0.25) is 0 Å². The molecule has 2 N–H and O–H groups in total. The molecule has 3 aliphatic rings. The highest BCUT2D eigenvalue weighted by Crippen LogP contribution is 2.33. The fraction of sp³-hybridized carbons (Fsp3) is 0.591. The lowest BCUT2D eigenvalue weighted by Crippen LogP contribution is -2.49. The zero-order valence-electron chi connectivity index (χ0n) is 18.2. The van der Waals surface area contributed by atoms with Crippen LogP contribution in [-0.4, -0.2) is 71.5 Å². The van der Waals surface area contributed by atoms with Gasteiger partial charge in [0.1, 0.15) is 5.82 Å². The fourth-order valence-electron chi connectivity index (χ4n) is 4.58. The van der Waals surface area contributed by atoms with Gasteiger partial charge in [0, 0.05) is 45.1 Å². The SMILES string of the molecule is CC1(C(=O)O)CCN(C(=O)C2CCN(c3ccc(N4CCC(=O)NC4=O)cn3)CC2)CC1. The molecular weight excluding hydrogens is 414 g/mol. The molecule has 3 saturated heterocycles. The van der Waals surface area contributed by atoms with E-state index >= 15 is 0 Å². The molecule has 1 aromatic heterocycles. The van der Waals surface area contributed by atoms with Crippen LogP contribution in [0.1, 0.15) is 39.0 Å². The number of pyridine rings is 1. The van der Waals surface area contributed by atoms with E-state index in [1.54, 1.807) is 13.1 Å². The zero-order chi connectivity index (χ0) is 22.9. The van der Waals surface area contributed by atoms with Crippen molar-refractivity contribution < 1.29 is 24.3 Å². The van der Waals surface area contributed by atoms with Crippen molar-refractivity contribution in [3.05, 3.63) is 18.3 Å². The van der Waals surface area contributed by atoms with Gasteiger partial charge in [-0.25, -0.2) is 9.78 Å². The Bertz CT molecular complexity index is 902. The maximum atomic E-state index is 12.9. The topological polar surface area (TPSA) is 123 Å². The maximum Gasteiger partial charge on any atom is 0.328 e. The van der Waals surface area contributed by atoms with Gasteiger partial charge in [0.15, 0.2) is 0 Å². The van der Waals surface area contributed by atoms with E-state index in [9.17, 15) is 24.3 Å². The van der Waals surface area contributed by atoms with E-state index in [-0.39, 0.29) is 24.2 Å². The van der Waals surface area contributed by atoms with E-state index in [2.05, 4.69) is 15.2 Å². The Balaban J connectivity index is 1.29. The molecule has 0 bridgehead atoms. The molecular formula is C22H29N5O5. The summed E-state index contributed by atoms with van der Waals surface area (Å²) in [7, 11) is 0. The highest BCUT2D eigenvalue weighted by atomic mass is 16.4. The molecule has 4 amide bonds. The number of hydrogen-bond donors (Lipinski definition) is 2. The molecule has 10 heteroatoms. The Labute approximate surface area is 186 Å². The first-order chi connectivity index (χ1) is 15.3. The lowest BCUT2D eigenvalue weighted by Gasteiger charge is -2.39. The summed E-state index contributed by atoms with van der Waals surface area (Å²) in [6, 6.07) is 3.25. The maximum absolute atomic E-state index is 12.9. The summed E-state index contributed by atoms with van der Waals surface area (Å²) >= 11 is 0. The first-order valence-corrected chi connectivity index (χ1v) is 11.1. The lowest BCUT2D eigenvalue weighted by atomic mass is 9.80. The van der Waals surface area contributed by atoms with E-state index in [1.165, 1.54) is 4.90 Å². The van der Waals surface area contributed by atoms with Gasteiger partial charge in [-0.15, -0.1) is 0 Å². The summed E-state index contributed by atoms with van der Waals surface area (Å²) in [6.45, 7) is 4.51. The van der Waals surface area contributed by atoms with Gasteiger partial charge >= 0.3 is 12.0 Å². The molecule has 0 atom stereocenters. The second-order valence-corrected chi connectivity index (χ2v) is 9.08. The number of rotatable bonds is 4. The highest BCUT2D eigenvalue weighted by Gasteiger charge is 2.39. The summed E-state index contributed by atoms with van der Waals surface area (Å²) in [6.07, 6.45) is 4.34. The van der Waals surface area contributed by atoms with Gasteiger partial charge in [0.2, 0.25) is 11.8 Å². The van der Waals surface area contributed by atoms with Crippen LogP contribution in [0.3, 0.4) is 0 Å². The van der Waals surface area contributed by atoms with Crippen molar-refractivity contribution in [2.24, 2.45) is 11.3 Å². The van der Waals surface area contributed by atoms with Crippen molar-refractivity contribution in [1.82, 2.24) is 15.2 Å². The number of carboxylic acid groups (broad SMARTS) is 1. The van der Waals surface area contributed by atoms with Crippen LogP contribution in [-0.2, 0) is 14.4 Å². The zero-order valence-corrected chi connectivity index (χ0v) is 18.2. The number of amides is 4. The van der Waals surface area contributed by atoms with Gasteiger partial charge in [-0.05, 0) is 44.7 Å². The molecule has 0 spiro atoms. The van der Waals surface area contributed by atoms with Crippen LogP contribution in [0.4, 0.5) is 16.3 Å². The molecule has 3 fully saturated rings. The number of likely N-dealkylation sites (tertiary alicyclic amines) is 1. The molecule has 32 heavy (non-hydrogen) atoms. The third kappa shape index (κ3) is 4.39. The van der Waals surface area contributed by atoms with Crippen molar-refractivity contribution >= 4 is 35.3 Å². The normalized spacial score (nSPS) is 22.0. The number of imide groups is 1. The number of aromatic nitrogens is 1. The Morgan fingerprint density at radius 1 is 1.09 bits per heavy atom. The van der Waals surface area contributed by atoms with Crippen LogP contribution in [0.15, 0.2) is 18.3 Å². The first-order valence-electron chi connectivity index (χ1n) is 11.1. The van der Waals surface area contributed by atoms with Crippen molar-refractivity contribution in [2.45, 2.75) is 39.0 Å². The van der Waals surface area contributed by atoms with E-state index in [4.69, 9.17) is 0 Å². The molecule has 0 saturated carbocycles. The average Bonchev–Trinajstić information content (AvgIpc) is 2.79. The molecule has 172 valence electrons. The van der Waals surface area contributed by atoms with Gasteiger partial charge in [-0.1, -0.05) is 0 Å². The number of aliphatic carboxylic acids is 1. The Hall–Kier alpha value is -3.17. The molecule has 10 nitrogen and oxygen atoms in total. The number of hydrogen-bond acceptors (Lipinski definition) is 6. The van der Waals surface area contributed by atoms with E-state index in [0.29, 0.717) is 51.3 Å². The minimum atomic E-state index is -0.786. The lowest BCUT2D eigenvalue weighted by molar-refractivity contribution is -0.153. The number of piperidine rings is 2. The molecule has 1 aromatic rings. The summed E-state index contributed by atoms with van der Waals surface area (Å²) in [5.74, 6) is -0.178. The van der Waals surface area contributed by atoms with Gasteiger partial charge in [-0.2, -0.15) is 0 Å². The number of nitrogens with zero attached hydrogens (tertiary/aromatic N) is 4. The van der Waals surface area contributed by atoms with Gasteiger partial charge < -0.3 is 14.9 Å². The van der Waals surface area contributed by atoms with Crippen molar-refractivity contribution in [1.29, 1.82) is 0 Å². The van der Waals surface area contributed by atoms with Gasteiger partial charge in [0.05, 0.1) is 17.3 Å². The number of urea groups is 1. The number of nitrogens with one attached hydrogen (secondary N) is 1. The standard InChI is InChI=1S/C22H29N5O5/c1-22(20(30)31)7-12-26(13-8-22)19(29)15-4-9-25(10-5-15)17-3-2-16(14-23-17)27-11-6-18(28)24-21(27)32/h2-3,14-15H,4-13H2,1H3,(H,30,31)(H,24,28,32). The van der Waals surface area contributed by atoms with Gasteiger partial charge in [-0.3, -0.25) is 24.6 Å². The predicted octanol–water partition coefficient (Wildman–Crippen LogP) is 1.46. The molecule has 4 heterocycles. The predicted molar refractivity (Wildman–Crippen MR) is 116 cm³/mol. The second kappa shape index (κ2) is 8.76. The number of carboxylic acids is 1. The summed E-state index contributed by atoms with van der Waals surface area (Å²) in [5.41, 5.74) is -0.0928. The Morgan fingerprint density at radius 2 is 1.78 bits per heavy atom. The first kappa shape index (κ1) is 22.0. The van der Waals surface area contributed by atoms with Gasteiger partial charge in [0.25, 0.3) is 0 Å². The molecule has 0 radical (unpaired) electrons. The van der Waals surface area contributed by atoms with Crippen LogP contribution >= 0.6 is 0 Å². The third-order valence-electron chi connectivity index (χ3n) is 6.96. The summed E-state index contributed by atoms with van der Waals surface area (Å²) in [5, 5.41) is 11.7. The van der Waals surface area contributed by atoms with Crippen molar-refractivity contribution in [2.75, 3.05) is 42.5 Å². The number of carbonyl (C=O) groups excluding carboxylic acids is 3. The number of anilines is 2. The molecule has 0 aliphatic carbocycles. The largest absolute Gasteiger partial charge is 0.481 e. The average molecular weight is 444 g/mol. The Morgan fingerprint density at radius 3 is 2.34 bits per heavy atom. The van der Waals surface area contributed by atoms with Crippen LogP contribution in [0.25, 0.3) is 0 Å². The van der Waals surface area contributed by atoms with Crippen molar-refractivity contribution in [3.8, 4) is 0 Å². The summed E-state index contributed by atoms with van der Waals surface area (Å²) < 4.78 is 0. The van der Waals surface area contributed by atoms with E-state index < -0.39 is 17.4 Å². The molecule has 3 aliphatic heterocycles. The van der Waals surface area contributed by atoms with E-state index in [0.717, 1.165) is 18.7 Å². The van der Waals surface area contributed by atoms with Crippen LogP contribution in [0.5, 0.6) is 0 Å². The third-order valence-corrected chi connectivity index (χ3v) is 6.96. The monoisotopic (exact) mass is 443 g/mol. The minimum Gasteiger partial charge on any atom is -0.481 e. The molecule has 0 unspecified atom stereocenters. The molecule has 4 rings (SSSR count). The summed E-state index contributed by atoms with van der Waals surface area (Å²) in [4.78, 5) is 57.6. The second-order valence-electron chi connectivity index (χ2n) is 9.08. The fourth-order valence-corrected chi connectivity index (χ4v) is 4.58. The van der Waals surface area contributed by atoms with Crippen LogP contribution in [0, 0.1) is 11.3 Å². The minimum absolute atomic E-state index is 0.0470.